The van der Waals surface area contributed by atoms with Crippen molar-refractivity contribution < 1.29 is 19.1 Å². The van der Waals surface area contributed by atoms with Crippen LogP contribution in [0, 0.1) is 11.7 Å². The summed E-state index contributed by atoms with van der Waals surface area (Å²) in [6, 6.07) is 21.2. The average Bonchev–Trinajstić information content (AvgIpc) is 3.27. The lowest BCUT2D eigenvalue weighted by Gasteiger charge is -2.28. The third-order valence-corrected chi connectivity index (χ3v) is 7.07. The minimum Gasteiger partial charge on any atom is -0.481 e. The van der Waals surface area contributed by atoms with E-state index in [0.717, 1.165) is 29.5 Å². The van der Waals surface area contributed by atoms with E-state index in [1.807, 2.05) is 54.6 Å². The predicted molar refractivity (Wildman–Crippen MR) is 139 cm³/mol. The molecule has 0 aliphatic carbocycles. The number of aliphatic carboxylic acids is 1. The first-order chi connectivity index (χ1) is 18.0. The smallest absolute Gasteiger partial charge is 0.305 e. The van der Waals surface area contributed by atoms with Gasteiger partial charge in [-0.25, -0.2) is 14.4 Å². The van der Waals surface area contributed by atoms with E-state index in [1.54, 1.807) is 23.2 Å². The summed E-state index contributed by atoms with van der Waals surface area (Å²) in [5.41, 5.74) is 3.46. The van der Waals surface area contributed by atoms with Crippen LogP contribution in [0.5, 0.6) is 0 Å². The van der Waals surface area contributed by atoms with Gasteiger partial charge in [0, 0.05) is 35.3 Å². The number of aryl methyl sites for hydroxylation is 1. The van der Waals surface area contributed by atoms with Gasteiger partial charge in [-0.05, 0) is 67.1 Å². The number of amides is 1. The fourth-order valence-electron chi connectivity index (χ4n) is 5.16. The van der Waals surface area contributed by atoms with Crippen LogP contribution in [-0.4, -0.2) is 38.4 Å². The van der Waals surface area contributed by atoms with Crippen molar-refractivity contribution in [3.8, 4) is 11.1 Å². The van der Waals surface area contributed by atoms with Gasteiger partial charge in [0.15, 0.2) is 5.65 Å². The van der Waals surface area contributed by atoms with E-state index < -0.39 is 17.8 Å². The van der Waals surface area contributed by atoms with Crippen molar-refractivity contribution in [1.29, 1.82) is 0 Å². The molecule has 0 bridgehead atoms. The first-order valence-electron chi connectivity index (χ1n) is 12.6. The minimum atomic E-state index is -1.07. The maximum Gasteiger partial charge on any atom is 0.305 e. The van der Waals surface area contributed by atoms with Crippen LogP contribution in [0.15, 0.2) is 79.0 Å². The molecule has 2 unspecified atom stereocenters. The van der Waals surface area contributed by atoms with Gasteiger partial charge in [0.2, 0.25) is 5.91 Å². The van der Waals surface area contributed by atoms with Gasteiger partial charge < -0.3 is 10.0 Å². The summed E-state index contributed by atoms with van der Waals surface area (Å²) in [5.74, 6) is -1.88. The highest BCUT2D eigenvalue weighted by Crippen LogP contribution is 2.35. The molecule has 2 atom stereocenters. The van der Waals surface area contributed by atoms with Crippen molar-refractivity contribution >= 4 is 22.9 Å². The van der Waals surface area contributed by atoms with Gasteiger partial charge in [-0.15, -0.1) is 0 Å². The molecule has 7 heteroatoms. The summed E-state index contributed by atoms with van der Waals surface area (Å²) in [7, 11) is 0. The zero-order valence-electron chi connectivity index (χ0n) is 20.4. The van der Waals surface area contributed by atoms with Crippen molar-refractivity contribution in [1.82, 2.24) is 14.9 Å². The number of hydrogen-bond acceptors (Lipinski definition) is 4. The first kappa shape index (κ1) is 24.6. The number of carboxylic acids is 1. The third kappa shape index (κ3) is 5.50. The van der Waals surface area contributed by atoms with E-state index in [-0.39, 0.29) is 23.8 Å². The molecule has 1 saturated heterocycles. The number of carbonyl (C=O) groups is 2. The molecule has 5 rings (SSSR count). The maximum atomic E-state index is 15.3. The van der Waals surface area contributed by atoms with Crippen LogP contribution in [0.25, 0.3) is 22.2 Å². The molecule has 2 aromatic carbocycles. The van der Waals surface area contributed by atoms with Crippen LogP contribution in [0.4, 0.5) is 4.39 Å². The SMILES string of the molecule is O=C(O)CC(c1ccc(-c2ccccc2)cc1F)N1CCC(CCCc2ccc3cccnc3n2)C1=O. The minimum absolute atomic E-state index is 0.106. The van der Waals surface area contributed by atoms with E-state index >= 15 is 4.39 Å². The molecule has 4 aromatic rings. The molecule has 0 spiro atoms. The molecule has 1 fully saturated rings. The molecule has 1 amide bonds. The van der Waals surface area contributed by atoms with Gasteiger partial charge in [-0.2, -0.15) is 0 Å². The molecule has 3 heterocycles. The average molecular weight is 498 g/mol. The molecule has 6 nitrogen and oxygen atoms in total. The van der Waals surface area contributed by atoms with Crippen LogP contribution < -0.4 is 0 Å². The van der Waals surface area contributed by atoms with Crippen molar-refractivity contribution in [3.05, 3.63) is 96.1 Å². The lowest BCUT2D eigenvalue weighted by molar-refractivity contribution is -0.140. The normalized spacial score (nSPS) is 16.3. The number of carbonyl (C=O) groups excluding carboxylic acids is 1. The molecule has 0 saturated carbocycles. The lowest BCUT2D eigenvalue weighted by Crippen LogP contribution is -2.33. The second-order valence-electron chi connectivity index (χ2n) is 9.48. The number of halogens is 1. The number of hydrogen-bond donors (Lipinski definition) is 1. The second-order valence-corrected chi connectivity index (χ2v) is 9.48. The molecular formula is C30H28FN3O3. The summed E-state index contributed by atoms with van der Waals surface area (Å²) >= 11 is 0. The number of pyridine rings is 2. The summed E-state index contributed by atoms with van der Waals surface area (Å²) in [6.45, 7) is 0.416. The Hall–Kier alpha value is -4.13. The highest BCUT2D eigenvalue weighted by Gasteiger charge is 2.38. The zero-order chi connectivity index (χ0) is 25.8. The number of likely N-dealkylation sites (tertiary alicyclic amines) is 1. The molecule has 2 aromatic heterocycles. The quantitative estimate of drug-likeness (QED) is 0.315. The number of rotatable bonds is 9. The molecule has 0 radical (unpaired) electrons. The largest absolute Gasteiger partial charge is 0.481 e. The highest BCUT2D eigenvalue weighted by molar-refractivity contribution is 5.82. The van der Waals surface area contributed by atoms with Crippen LogP contribution >= 0.6 is 0 Å². The Morgan fingerprint density at radius 2 is 1.89 bits per heavy atom. The van der Waals surface area contributed by atoms with E-state index in [4.69, 9.17) is 0 Å². The van der Waals surface area contributed by atoms with Crippen molar-refractivity contribution in [2.24, 2.45) is 5.92 Å². The van der Waals surface area contributed by atoms with E-state index in [9.17, 15) is 14.7 Å². The summed E-state index contributed by atoms with van der Waals surface area (Å²) < 4.78 is 15.3. The standard InChI is InChI=1S/C30H28FN3O3/c31-26-18-23(20-6-2-1-3-7-20)12-14-25(26)27(19-28(35)36)34-17-15-22(30(34)37)8-4-10-24-13-11-21-9-5-16-32-29(21)33-24/h1-3,5-7,9,11-14,16,18,22,27H,4,8,10,15,17,19H2,(H,35,36). The van der Waals surface area contributed by atoms with Gasteiger partial charge >= 0.3 is 5.97 Å². The second kappa shape index (κ2) is 10.9. The predicted octanol–water partition coefficient (Wildman–Crippen LogP) is 5.82. The van der Waals surface area contributed by atoms with Crippen molar-refractivity contribution in [3.63, 3.8) is 0 Å². The van der Waals surface area contributed by atoms with Crippen LogP contribution in [0.3, 0.4) is 0 Å². The Morgan fingerprint density at radius 3 is 2.68 bits per heavy atom. The van der Waals surface area contributed by atoms with Crippen LogP contribution in [0.2, 0.25) is 0 Å². The monoisotopic (exact) mass is 497 g/mol. The Balaban J connectivity index is 1.27. The lowest BCUT2D eigenvalue weighted by atomic mass is 9.96. The number of aromatic nitrogens is 2. The number of carboxylic acid groups (broad SMARTS) is 1. The summed E-state index contributed by atoms with van der Waals surface area (Å²) in [5, 5.41) is 10.5. The summed E-state index contributed by atoms with van der Waals surface area (Å²) in [6.07, 6.45) is 4.19. The molecule has 188 valence electrons. The van der Waals surface area contributed by atoms with Crippen LogP contribution in [0.1, 0.15) is 43.0 Å². The van der Waals surface area contributed by atoms with E-state index in [1.165, 1.54) is 6.07 Å². The Labute approximate surface area is 214 Å². The van der Waals surface area contributed by atoms with Crippen molar-refractivity contribution in [2.75, 3.05) is 6.54 Å². The van der Waals surface area contributed by atoms with Gasteiger partial charge in [-0.1, -0.05) is 42.5 Å². The van der Waals surface area contributed by atoms with Crippen LogP contribution in [-0.2, 0) is 16.0 Å². The molecular weight excluding hydrogens is 469 g/mol. The topological polar surface area (TPSA) is 83.4 Å². The number of benzene rings is 2. The highest BCUT2D eigenvalue weighted by atomic mass is 19.1. The Morgan fingerprint density at radius 1 is 1.05 bits per heavy atom. The fraction of sp³-hybridized carbons (Fsp3) is 0.267. The van der Waals surface area contributed by atoms with Gasteiger partial charge in [0.25, 0.3) is 0 Å². The van der Waals surface area contributed by atoms with Crippen molar-refractivity contribution in [2.45, 2.75) is 38.1 Å². The van der Waals surface area contributed by atoms with E-state index in [2.05, 4.69) is 9.97 Å². The van der Waals surface area contributed by atoms with E-state index in [0.29, 0.717) is 30.6 Å². The fourth-order valence-corrected chi connectivity index (χ4v) is 5.16. The maximum absolute atomic E-state index is 15.3. The molecule has 37 heavy (non-hydrogen) atoms. The zero-order valence-corrected chi connectivity index (χ0v) is 20.4. The third-order valence-electron chi connectivity index (χ3n) is 7.07. The Bertz CT molecular complexity index is 1430. The first-order valence-corrected chi connectivity index (χ1v) is 12.6. The molecule has 1 aliphatic rings. The molecule has 1 aliphatic heterocycles. The molecule has 1 N–H and O–H groups in total. The van der Waals surface area contributed by atoms with Gasteiger partial charge in [0.05, 0.1) is 12.5 Å². The Kier molecular flexibility index (Phi) is 7.21. The number of nitrogens with zero attached hydrogens (tertiary/aromatic N) is 3. The summed E-state index contributed by atoms with van der Waals surface area (Å²) in [4.78, 5) is 35.4. The van der Waals surface area contributed by atoms with Gasteiger partial charge in [-0.3, -0.25) is 9.59 Å². The van der Waals surface area contributed by atoms with Gasteiger partial charge in [0.1, 0.15) is 5.82 Å². The number of fused-ring (bicyclic) bond motifs is 1.